The lowest BCUT2D eigenvalue weighted by Crippen LogP contribution is -2.26. The third-order valence-corrected chi connectivity index (χ3v) is 4.75. The van der Waals surface area contributed by atoms with E-state index >= 15 is 0 Å². The first-order chi connectivity index (χ1) is 10.1. The molecule has 2 N–H and O–H groups in total. The SMILES string of the molecule is O=C1Cc2cc([N+](=O)[O-])c(N3CC4CNCC4C3)cc2N1. The molecule has 7 nitrogen and oxygen atoms in total. The van der Waals surface area contributed by atoms with Crippen LogP contribution in [0.3, 0.4) is 0 Å². The van der Waals surface area contributed by atoms with Crippen molar-refractivity contribution in [3.05, 3.63) is 27.8 Å². The molecular formula is C14H16N4O3. The highest BCUT2D eigenvalue weighted by molar-refractivity contribution is 6.00. The van der Waals surface area contributed by atoms with E-state index in [1.54, 1.807) is 12.1 Å². The number of carbonyl (C=O) groups is 1. The number of fused-ring (bicyclic) bond motifs is 2. The Morgan fingerprint density at radius 3 is 2.62 bits per heavy atom. The van der Waals surface area contributed by atoms with Gasteiger partial charge < -0.3 is 15.5 Å². The number of hydrogen-bond donors (Lipinski definition) is 2. The van der Waals surface area contributed by atoms with Gasteiger partial charge in [-0.3, -0.25) is 14.9 Å². The number of rotatable bonds is 2. The average molecular weight is 288 g/mol. The highest BCUT2D eigenvalue weighted by Crippen LogP contribution is 2.40. The molecule has 1 aromatic rings. The van der Waals surface area contributed by atoms with E-state index in [2.05, 4.69) is 15.5 Å². The minimum absolute atomic E-state index is 0.0982. The van der Waals surface area contributed by atoms with E-state index in [0.717, 1.165) is 37.4 Å². The third kappa shape index (κ3) is 1.96. The lowest BCUT2D eigenvalue weighted by Gasteiger charge is -2.20. The number of benzene rings is 1. The van der Waals surface area contributed by atoms with Crippen molar-refractivity contribution < 1.29 is 9.72 Å². The molecule has 0 spiro atoms. The largest absolute Gasteiger partial charge is 0.365 e. The summed E-state index contributed by atoms with van der Waals surface area (Å²) in [6.07, 6.45) is 0.228. The fourth-order valence-corrected chi connectivity index (χ4v) is 3.70. The molecule has 2 saturated heterocycles. The summed E-state index contributed by atoms with van der Waals surface area (Å²) in [5.41, 5.74) is 2.18. The van der Waals surface area contributed by atoms with E-state index in [9.17, 15) is 14.9 Å². The van der Waals surface area contributed by atoms with Gasteiger partial charge in [0, 0.05) is 37.9 Å². The molecule has 2 fully saturated rings. The number of anilines is 2. The summed E-state index contributed by atoms with van der Waals surface area (Å²) in [6.45, 7) is 3.64. The molecule has 3 heterocycles. The predicted molar refractivity (Wildman–Crippen MR) is 77.5 cm³/mol. The fraction of sp³-hybridized carbons (Fsp3) is 0.500. The Morgan fingerprint density at radius 2 is 1.95 bits per heavy atom. The maximum Gasteiger partial charge on any atom is 0.292 e. The van der Waals surface area contributed by atoms with Crippen LogP contribution in [0.4, 0.5) is 17.1 Å². The minimum atomic E-state index is -0.343. The van der Waals surface area contributed by atoms with Crippen molar-refractivity contribution in [2.75, 3.05) is 36.4 Å². The standard InChI is InChI=1S/C14H16N4O3/c19-14-2-8-1-13(18(20)21)12(3-11(8)16-14)17-6-9-4-15-5-10(9)7-17/h1,3,9-10,15H,2,4-7H2,(H,16,19). The molecule has 110 valence electrons. The van der Waals surface area contributed by atoms with Crippen LogP contribution in [-0.2, 0) is 11.2 Å². The zero-order valence-electron chi connectivity index (χ0n) is 11.5. The molecule has 0 aromatic heterocycles. The quantitative estimate of drug-likeness (QED) is 0.619. The second-order valence-corrected chi connectivity index (χ2v) is 6.06. The van der Waals surface area contributed by atoms with Crippen LogP contribution in [-0.4, -0.2) is 37.0 Å². The molecule has 1 aromatic carbocycles. The Kier molecular flexibility index (Phi) is 2.65. The van der Waals surface area contributed by atoms with Gasteiger partial charge in [-0.05, 0) is 23.5 Å². The molecule has 0 aliphatic carbocycles. The predicted octanol–water partition coefficient (Wildman–Crippen LogP) is 0.745. The van der Waals surface area contributed by atoms with Crippen molar-refractivity contribution in [1.29, 1.82) is 0 Å². The number of hydrogen-bond acceptors (Lipinski definition) is 5. The molecule has 2 atom stereocenters. The molecule has 21 heavy (non-hydrogen) atoms. The number of carbonyl (C=O) groups excluding carboxylic acids is 1. The number of nitrogens with zero attached hydrogens (tertiary/aromatic N) is 2. The number of nitrogens with one attached hydrogen (secondary N) is 2. The maximum absolute atomic E-state index is 11.5. The van der Waals surface area contributed by atoms with Gasteiger partial charge in [0.1, 0.15) is 5.69 Å². The van der Waals surface area contributed by atoms with Crippen LogP contribution < -0.4 is 15.5 Å². The molecule has 3 aliphatic rings. The van der Waals surface area contributed by atoms with Crippen LogP contribution in [0.2, 0.25) is 0 Å². The van der Waals surface area contributed by atoms with Crippen molar-refractivity contribution in [1.82, 2.24) is 5.32 Å². The van der Waals surface area contributed by atoms with Crippen LogP contribution in [0.15, 0.2) is 12.1 Å². The lowest BCUT2D eigenvalue weighted by molar-refractivity contribution is -0.384. The summed E-state index contributed by atoms with van der Waals surface area (Å²) in [5, 5.41) is 17.5. The van der Waals surface area contributed by atoms with E-state index in [1.807, 2.05) is 0 Å². The van der Waals surface area contributed by atoms with Crippen LogP contribution in [0.1, 0.15) is 5.56 Å². The summed E-state index contributed by atoms with van der Waals surface area (Å²) >= 11 is 0. The van der Waals surface area contributed by atoms with Crippen LogP contribution in [0.5, 0.6) is 0 Å². The average Bonchev–Trinajstić information content (AvgIpc) is 3.07. The first kappa shape index (κ1) is 12.6. The smallest absolute Gasteiger partial charge is 0.292 e. The van der Waals surface area contributed by atoms with Gasteiger partial charge in [-0.2, -0.15) is 0 Å². The van der Waals surface area contributed by atoms with Gasteiger partial charge in [0.15, 0.2) is 0 Å². The van der Waals surface area contributed by atoms with Crippen molar-refractivity contribution in [2.45, 2.75) is 6.42 Å². The van der Waals surface area contributed by atoms with Crippen molar-refractivity contribution in [3.63, 3.8) is 0 Å². The van der Waals surface area contributed by atoms with E-state index < -0.39 is 0 Å². The van der Waals surface area contributed by atoms with Crippen molar-refractivity contribution in [3.8, 4) is 0 Å². The molecule has 0 saturated carbocycles. The second kappa shape index (κ2) is 4.42. The Hall–Kier alpha value is -2.15. The van der Waals surface area contributed by atoms with Gasteiger partial charge in [0.25, 0.3) is 5.69 Å². The van der Waals surface area contributed by atoms with Crippen LogP contribution in [0.25, 0.3) is 0 Å². The Morgan fingerprint density at radius 1 is 1.24 bits per heavy atom. The molecule has 7 heteroatoms. The van der Waals surface area contributed by atoms with Crippen molar-refractivity contribution in [2.24, 2.45) is 11.8 Å². The first-order valence-electron chi connectivity index (χ1n) is 7.18. The molecule has 4 rings (SSSR count). The molecule has 2 unspecified atom stereocenters. The van der Waals surface area contributed by atoms with E-state index in [-0.39, 0.29) is 22.9 Å². The zero-order valence-corrected chi connectivity index (χ0v) is 11.5. The van der Waals surface area contributed by atoms with Gasteiger partial charge >= 0.3 is 0 Å². The highest BCUT2D eigenvalue weighted by atomic mass is 16.6. The Balaban J connectivity index is 1.72. The second-order valence-electron chi connectivity index (χ2n) is 6.06. The number of nitro groups is 1. The summed E-state index contributed by atoms with van der Waals surface area (Å²) < 4.78 is 0. The lowest BCUT2D eigenvalue weighted by atomic mass is 10.0. The highest BCUT2D eigenvalue weighted by Gasteiger charge is 2.38. The topological polar surface area (TPSA) is 87.5 Å². The van der Waals surface area contributed by atoms with E-state index in [4.69, 9.17) is 0 Å². The van der Waals surface area contributed by atoms with Gasteiger partial charge in [-0.1, -0.05) is 0 Å². The third-order valence-electron chi connectivity index (χ3n) is 4.75. The summed E-state index contributed by atoms with van der Waals surface area (Å²) in [4.78, 5) is 24.6. The minimum Gasteiger partial charge on any atom is -0.365 e. The fourth-order valence-electron chi connectivity index (χ4n) is 3.70. The molecule has 3 aliphatic heterocycles. The van der Waals surface area contributed by atoms with E-state index in [0.29, 0.717) is 17.5 Å². The summed E-state index contributed by atoms with van der Waals surface area (Å²) in [6, 6.07) is 3.32. The van der Waals surface area contributed by atoms with Crippen molar-refractivity contribution >= 4 is 23.0 Å². The van der Waals surface area contributed by atoms with Gasteiger partial charge in [-0.25, -0.2) is 0 Å². The normalized spacial score (nSPS) is 26.7. The maximum atomic E-state index is 11.5. The summed E-state index contributed by atoms with van der Waals surface area (Å²) in [7, 11) is 0. The molecule has 0 radical (unpaired) electrons. The van der Waals surface area contributed by atoms with Crippen LogP contribution in [0, 0.1) is 22.0 Å². The number of nitro benzene ring substituents is 1. The number of amides is 1. The van der Waals surface area contributed by atoms with Gasteiger partial charge in [0.05, 0.1) is 11.3 Å². The Labute approximate surface area is 121 Å². The van der Waals surface area contributed by atoms with Gasteiger partial charge in [0.2, 0.25) is 5.91 Å². The molecular weight excluding hydrogens is 272 g/mol. The first-order valence-corrected chi connectivity index (χ1v) is 7.18. The molecule has 1 amide bonds. The van der Waals surface area contributed by atoms with Crippen LogP contribution >= 0.6 is 0 Å². The Bertz CT molecular complexity index is 633. The zero-order chi connectivity index (χ0) is 14.6. The monoisotopic (exact) mass is 288 g/mol. The van der Waals surface area contributed by atoms with Gasteiger partial charge in [-0.15, -0.1) is 0 Å². The van der Waals surface area contributed by atoms with E-state index in [1.165, 1.54) is 0 Å². The summed E-state index contributed by atoms with van der Waals surface area (Å²) in [5.74, 6) is 1.03. The molecule has 0 bridgehead atoms.